The minimum Gasteiger partial charge on any atom is -0.496 e. The van der Waals surface area contributed by atoms with E-state index in [9.17, 15) is 5.11 Å². The van der Waals surface area contributed by atoms with Crippen molar-refractivity contribution in [3.8, 4) is 22.9 Å². The van der Waals surface area contributed by atoms with Crippen LogP contribution in [-0.2, 0) is 4.74 Å². The molecule has 0 saturated carbocycles. The van der Waals surface area contributed by atoms with Gasteiger partial charge in [0.15, 0.2) is 11.6 Å². The number of hydrogen-bond donors (Lipinski definition) is 2. The number of morpholine rings is 1. The fourth-order valence-corrected chi connectivity index (χ4v) is 4.59. The topological polar surface area (TPSA) is 119 Å². The van der Waals surface area contributed by atoms with Crippen LogP contribution in [-0.4, -0.2) is 70.2 Å². The van der Waals surface area contributed by atoms with Crippen molar-refractivity contribution in [2.75, 3.05) is 50.7 Å². The van der Waals surface area contributed by atoms with E-state index in [4.69, 9.17) is 24.3 Å². The lowest BCUT2D eigenvalue weighted by Gasteiger charge is -2.27. The molecule has 11 nitrogen and oxygen atoms in total. The molecule has 37 heavy (non-hydrogen) atoms. The minimum absolute atomic E-state index is 0.506. The molecule has 1 unspecified atom stereocenters. The summed E-state index contributed by atoms with van der Waals surface area (Å²) in [6.07, 6.45) is 1.03. The summed E-state index contributed by atoms with van der Waals surface area (Å²) >= 11 is 0. The predicted octanol–water partition coefficient (Wildman–Crippen LogP) is 3.45. The van der Waals surface area contributed by atoms with Gasteiger partial charge in [-0.2, -0.15) is 0 Å². The van der Waals surface area contributed by atoms with Crippen molar-refractivity contribution in [3.05, 3.63) is 47.5 Å². The Morgan fingerprint density at radius 1 is 1.05 bits per heavy atom. The maximum absolute atomic E-state index is 10.2. The van der Waals surface area contributed by atoms with Crippen LogP contribution in [0, 0.1) is 13.8 Å². The van der Waals surface area contributed by atoms with E-state index in [0.29, 0.717) is 47.6 Å². The number of hydrogen-bond acceptors (Lipinski definition) is 10. The first-order valence-electron chi connectivity index (χ1n) is 12.1. The number of methoxy groups -OCH3 is 2. The number of pyridine rings is 1. The Kier molecular flexibility index (Phi) is 6.81. The summed E-state index contributed by atoms with van der Waals surface area (Å²) in [5.41, 5.74) is 3.60. The highest BCUT2D eigenvalue weighted by atomic mass is 16.5. The monoisotopic (exact) mass is 505 g/mol. The number of benzene rings is 1. The van der Waals surface area contributed by atoms with Crippen molar-refractivity contribution in [3.63, 3.8) is 0 Å². The van der Waals surface area contributed by atoms with Gasteiger partial charge in [0.25, 0.3) is 0 Å². The molecule has 1 atom stereocenters. The number of fused-ring (bicyclic) bond motifs is 1. The number of aryl methyl sites for hydroxylation is 2. The Bertz CT molecular complexity index is 1390. The molecule has 0 spiro atoms. The van der Waals surface area contributed by atoms with Gasteiger partial charge in [-0.15, -0.1) is 5.10 Å². The second kappa shape index (κ2) is 10.2. The highest BCUT2D eigenvalue weighted by Crippen LogP contribution is 2.38. The second-order valence-corrected chi connectivity index (χ2v) is 8.89. The number of anilines is 3. The summed E-state index contributed by atoms with van der Waals surface area (Å²) in [6, 6.07) is 7.57. The predicted molar refractivity (Wildman–Crippen MR) is 140 cm³/mol. The van der Waals surface area contributed by atoms with E-state index in [1.165, 1.54) is 0 Å². The summed E-state index contributed by atoms with van der Waals surface area (Å²) in [5.74, 6) is 3.75. The standard InChI is InChI=1S/C26H31N7O4/c1-15-24-26(29-19-12-20(35-4)23(16(2)34)21(13-19)36-5)30-25(31-33(24)17(3)28-15)18-6-7-22(27-14-18)32-8-10-37-11-9-32/h6-7,12-14,16,34H,8-11H2,1-5H3,(H,29,30,31). The molecular formula is C26H31N7O4. The van der Waals surface area contributed by atoms with Gasteiger partial charge in [0, 0.05) is 42.7 Å². The summed E-state index contributed by atoms with van der Waals surface area (Å²) in [7, 11) is 3.12. The number of nitrogens with zero attached hydrogens (tertiary/aromatic N) is 6. The van der Waals surface area contributed by atoms with Crippen LogP contribution in [0.25, 0.3) is 16.9 Å². The third-order valence-corrected chi connectivity index (χ3v) is 6.39. The Morgan fingerprint density at radius 2 is 1.76 bits per heavy atom. The highest BCUT2D eigenvalue weighted by molar-refractivity contribution is 5.78. The molecule has 3 aromatic heterocycles. The Labute approximate surface area is 215 Å². The molecule has 0 radical (unpaired) electrons. The molecule has 0 amide bonds. The molecule has 4 aromatic rings. The fourth-order valence-electron chi connectivity index (χ4n) is 4.59. The molecule has 1 aliphatic rings. The molecular weight excluding hydrogens is 474 g/mol. The average Bonchev–Trinajstić information content (AvgIpc) is 3.21. The van der Waals surface area contributed by atoms with Crippen molar-refractivity contribution in [1.82, 2.24) is 24.6 Å². The number of aliphatic hydroxyl groups excluding tert-OH is 1. The summed E-state index contributed by atoms with van der Waals surface area (Å²) < 4.78 is 18.3. The molecule has 4 heterocycles. The van der Waals surface area contributed by atoms with Gasteiger partial charge in [0.1, 0.15) is 28.7 Å². The molecule has 0 bridgehead atoms. The first-order chi connectivity index (χ1) is 17.9. The first kappa shape index (κ1) is 24.7. The van der Waals surface area contributed by atoms with E-state index in [1.54, 1.807) is 44.0 Å². The third-order valence-electron chi connectivity index (χ3n) is 6.39. The van der Waals surface area contributed by atoms with E-state index < -0.39 is 6.10 Å². The molecule has 1 aliphatic heterocycles. The van der Waals surface area contributed by atoms with E-state index in [-0.39, 0.29) is 0 Å². The molecule has 1 aromatic carbocycles. The fraction of sp³-hybridized carbons (Fsp3) is 0.385. The minimum atomic E-state index is -0.760. The molecule has 1 fully saturated rings. The lowest BCUT2D eigenvalue weighted by atomic mass is 10.1. The smallest absolute Gasteiger partial charge is 0.183 e. The zero-order valence-electron chi connectivity index (χ0n) is 21.6. The lowest BCUT2D eigenvalue weighted by molar-refractivity contribution is 0.122. The van der Waals surface area contributed by atoms with Gasteiger partial charge in [0.05, 0.1) is 44.8 Å². The summed E-state index contributed by atoms with van der Waals surface area (Å²) in [5, 5.41) is 18.4. The van der Waals surface area contributed by atoms with E-state index in [2.05, 4.69) is 20.2 Å². The number of aromatic nitrogens is 5. The maximum atomic E-state index is 10.2. The van der Waals surface area contributed by atoms with Gasteiger partial charge < -0.3 is 29.5 Å². The number of rotatable bonds is 7. The van der Waals surface area contributed by atoms with Gasteiger partial charge >= 0.3 is 0 Å². The number of imidazole rings is 1. The SMILES string of the molecule is COc1cc(Nc2nc(-c3ccc(N4CCOCC4)nc3)nn3c(C)nc(C)c23)cc(OC)c1C(C)O. The number of aliphatic hydroxyl groups is 1. The number of ether oxygens (including phenoxy) is 3. The summed E-state index contributed by atoms with van der Waals surface area (Å²) in [6.45, 7) is 8.53. The molecule has 5 rings (SSSR count). The van der Waals surface area contributed by atoms with Crippen LogP contribution in [0.2, 0.25) is 0 Å². The van der Waals surface area contributed by atoms with E-state index >= 15 is 0 Å². The molecule has 11 heteroatoms. The highest BCUT2D eigenvalue weighted by Gasteiger charge is 2.20. The van der Waals surface area contributed by atoms with Gasteiger partial charge in [-0.3, -0.25) is 0 Å². The van der Waals surface area contributed by atoms with Gasteiger partial charge in [-0.05, 0) is 32.9 Å². The maximum Gasteiger partial charge on any atom is 0.183 e. The Hall–Kier alpha value is -3.96. The largest absolute Gasteiger partial charge is 0.496 e. The summed E-state index contributed by atoms with van der Waals surface area (Å²) in [4.78, 5) is 16.3. The van der Waals surface area contributed by atoms with Crippen LogP contribution in [0.3, 0.4) is 0 Å². The van der Waals surface area contributed by atoms with Crippen LogP contribution in [0.5, 0.6) is 11.5 Å². The Balaban J connectivity index is 1.56. The van der Waals surface area contributed by atoms with Crippen LogP contribution in [0.15, 0.2) is 30.5 Å². The van der Waals surface area contributed by atoms with Crippen molar-refractivity contribution >= 4 is 22.8 Å². The molecule has 1 saturated heterocycles. The quantitative estimate of drug-likeness (QED) is 0.386. The van der Waals surface area contributed by atoms with Crippen molar-refractivity contribution in [1.29, 1.82) is 0 Å². The molecule has 2 N–H and O–H groups in total. The van der Waals surface area contributed by atoms with Crippen LogP contribution < -0.4 is 19.7 Å². The zero-order valence-corrected chi connectivity index (χ0v) is 21.6. The van der Waals surface area contributed by atoms with Crippen molar-refractivity contribution < 1.29 is 19.3 Å². The van der Waals surface area contributed by atoms with Gasteiger partial charge in [0.2, 0.25) is 0 Å². The van der Waals surface area contributed by atoms with Gasteiger partial charge in [-0.25, -0.2) is 19.5 Å². The zero-order chi connectivity index (χ0) is 26.1. The van der Waals surface area contributed by atoms with E-state index in [1.807, 2.05) is 26.0 Å². The molecule has 194 valence electrons. The van der Waals surface area contributed by atoms with Crippen LogP contribution >= 0.6 is 0 Å². The molecule has 0 aliphatic carbocycles. The second-order valence-electron chi connectivity index (χ2n) is 8.89. The first-order valence-corrected chi connectivity index (χ1v) is 12.1. The third kappa shape index (κ3) is 4.75. The lowest BCUT2D eigenvalue weighted by Crippen LogP contribution is -2.36. The van der Waals surface area contributed by atoms with Gasteiger partial charge in [-0.1, -0.05) is 0 Å². The van der Waals surface area contributed by atoms with E-state index in [0.717, 1.165) is 41.5 Å². The van der Waals surface area contributed by atoms with Crippen LogP contribution in [0.1, 0.15) is 30.1 Å². The Morgan fingerprint density at radius 3 is 2.35 bits per heavy atom. The average molecular weight is 506 g/mol. The normalized spacial score (nSPS) is 14.6. The number of nitrogens with one attached hydrogen (secondary N) is 1. The van der Waals surface area contributed by atoms with Crippen molar-refractivity contribution in [2.45, 2.75) is 26.9 Å². The van der Waals surface area contributed by atoms with Crippen molar-refractivity contribution in [2.24, 2.45) is 0 Å². The van der Waals surface area contributed by atoms with Crippen LogP contribution in [0.4, 0.5) is 17.3 Å².